The molecule has 0 amide bonds. The molecule has 5 nitrogen and oxygen atoms in total. The van der Waals surface area contributed by atoms with Crippen LogP contribution in [0, 0.1) is 13.8 Å². The number of aryl methyl sites for hydroxylation is 2. The predicted molar refractivity (Wildman–Crippen MR) is 91.8 cm³/mol. The second-order valence-electron chi connectivity index (χ2n) is 6.42. The van der Waals surface area contributed by atoms with Crippen LogP contribution in [0.5, 0.6) is 0 Å². The lowest BCUT2D eigenvalue weighted by Gasteiger charge is -2.32. The topological polar surface area (TPSA) is 71.5 Å². The van der Waals surface area contributed by atoms with Crippen LogP contribution in [0.15, 0.2) is 23.1 Å². The van der Waals surface area contributed by atoms with Gasteiger partial charge in [-0.25, -0.2) is 16.8 Å². The zero-order valence-electron chi connectivity index (χ0n) is 14.1. The minimum Gasteiger partial charge on any atom is -0.229 e. The molecule has 2 atom stereocenters. The zero-order valence-corrected chi connectivity index (χ0v) is 15.7. The first kappa shape index (κ1) is 18.4. The largest absolute Gasteiger partial charge is 0.243 e. The number of sulfone groups is 1. The lowest BCUT2D eigenvalue weighted by molar-refractivity contribution is 0.271. The van der Waals surface area contributed by atoms with Crippen LogP contribution in [0.4, 0.5) is 0 Å². The summed E-state index contributed by atoms with van der Waals surface area (Å²) >= 11 is 0. The Morgan fingerprint density at radius 1 is 1.30 bits per heavy atom. The summed E-state index contributed by atoms with van der Waals surface area (Å²) in [6.07, 6.45) is 1.01. The molecule has 1 fully saturated rings. The Morgan fingerprint density at radius 3 is 2.43 bits per heavy atom. The normalized spacial score (nSPS) is 22.4. The maximum Gasteiger partial charge on any atom is 0.243 e. The van der Waals surface area contributed by atoms with E-state index in [4.69, 9.17) is 0 Å². The Balaban J connectivity index is 2.50. The van der Waals surface area contributed by atoms with Gasteiger partial charge in [-0.1, -0.05) is 24.6 Å². The fourth-order valence-corrected chi connectivity index (χ4v) is 7.09. The van der Waals surface area contributed by atoms with Gasteiger partial charge in [0.2, 0.25) is 10.0 Å². The van der Waals surface area contributed by atoms with Gasteiger partial charge in [0.15, 0.2) is 9.84 Å². The second kappa shape index (κ2) is 6.53. The highest BCUT2D eigenvalue weighted by Crippen LogP contribution is 2.30. The molecule has 1 aromatic rings. The molecule has 1 aliphatic heterocycles. The maximum absolute atomic E-state index is 13.2. The number of rotatable bonds is 5. The summed E-state index contributed by atoms with van der Waals surface area (Å²) in [4.78, 5) is 0.271. The number of hydrogen-bond donors (Lipinski definition) is 0. The van der Waals surface area contributed by atoms with Crippen LogP contribution in [0.25, 0.3) is 0 Å². The molecular weight excluding hydrogens is 334 g/mol. The van der Waals surface area contributed by atoms with E-state index in [1.807, 2.05) is 26.8 Å². The van der Waals surface area contributed by atoms with Crippen molar-refractivity contribution >= 4 is 19.9 Å². The van der Waals surface area contributed by atoms with E-state index in [0.29, 0.717) is 18.4 Å². The molecule has 130 valence electrons. The van der Waals surface area contributed by atoms with E-state index in [2.05, 4.69) is 0 Å². The highest BCUT2D eigenvalue weighted by Gasteiger charge is 2.41. The first-order valence-electron chi connectivity index (χ1n) is 7.89. The van der Waals surface area contributed by atoms with Gasteiger partial charge in [-0.15, -0.1) is 0 Å². The monoisotopic (exact) mass is 359 g/mol. The Labute approximate surface area is 139 Å². The van der Waals surface area contributed by atoms with Crippen molar-refractivity contribution < 1.29 is 16.8 Å². The van der Waals surface area contributed by atoms with Gasteiger partial charge in [0, 0.05) is 12.1 Å². The summed E-state index contributed by atoms with van der Waals surface area (Å²) in [7, 11) is -6.87. The number of benzene rings is 1. The zero-order chi connectivity index (χ0) is 17.4. The van der Waals surface area contributed by atoms with Crippen LogP contribution >= 0.6 is 0 Å². The molecule has 0 saturated carbocycles. The molecule has 0 aliphatic carbocycles. The van der Waals surface area contributed by atoms with Crippen molar-refractivity contribution in [2.45, 2.75) is 57.5 Å². The van der Waals surface area contributed by atoms with Gasteiger partial charge in [0.1, 0.15) is 0 Å². The van der Waals surface area contributed by atoms with E-state index in [1.165, 1.54) is 4.31 Å². The molecule has 0 N–H and O–H groups in total. The summed E-state index contributed by atoms with van der Waals surface area (Å²) < 4.78 is 51.4. The Bertz CT molecular complexity index is 784. The van der Waals surface area contributed by atoms with Gasteiger partial charge in [0.25, 0.3) is 0 Å². The SMILES string of the molecule is CC[C@@H](C)N([C@H]1CCS(=O)(=O)C1)S(=O)(=O)c1ccc(C)cc1C. The first-order chi connectivity index (χ1) is 10.6. The van der Waals surface area contributed by atoms with Crippen molar-refractivity contribution in [2.24, 2.45) is 0 Å². The van der Waals surface area contributed by atoms with Gasteiger partial charge in [-0.2, -0.15) is 4.31 Å². The predicted octanol–water partition coefficient (Wildman–Crippen LogP) is 2.28. The molecule has 0 aromatic heterocycles. The highest BCUT2D eigenvalue weighted by atomic mass is 32.2. The lowest BCUT2D eigenvalue weighted by Crippen LogP contribution is -2.46. The lowest BCUT2D eigenvalue weighted by atomic mass is 10.2. The minimum absolute atomic E-state index is 0.0625. The quantitative estimate of drug-likeness (QED) is 0.808. The molecule has 1 heterocycles. The van der Waals surface area contributed by atoms with Crippen molar-refractivity contribution in [1.29, 1.82) is 0 Å². The van der Waals surface area contributed by atoms with Crippen molar-refractivity contribution in [1.82, 2.24) is 4.31 Å². The van der Waals surface area contributed by atoms with Gasteiger partial charge >= 0.3 is 0 Å². The number of sulfonamides is 1. The molecule has 0 bridgehead atoms. The maximum atomic E-state index is 13.2. The standard InChI is InChI=1S/C16H25NO4S2/c1-5-14(4)17(15-8-9-22(18,19)11-15)23(20,21)16-7-6-12(2)10-13(16)3/h6-7,10,14-15H,5,8-9,11H2,1-4H3/t14-,15+/m1/s1. The molecular formula is C16H25NO4S2. The first-order valence-corrected chi connectivity index (χ1v) is 11.2. The Morgan fingerprint density at radius 2 is 1.96 bits per heavy atom. The van der Waals surface area contributed by atoms with Gasteiger partial charge in [-0.3, -0.25) is 0 Å². The van der Waals surface area contributed by atoms with Crippen LogP contribution in [-0.2, 0) is 19.9 Å². The third-order valence-corrected chi connectivity index (χ3v) is 8.46. The summed E-state index contributed by atoms with van der Waals surface area (Å²) in [6, 6.07) is 4.53. The Kier molecular flexibility index (Phi) is 5.23. The molecule has 1 aromatic carbocycles. The molecule has 7 heteroatoms. The summed E-state index contributed by atoms with van der Waals surface area (Å²) in [6.45, 7) is 7.45. The van der Waals surface area contributed by atoms with Gasteiger partial charge in [0.05, 0.1) is 16.4 Å². The second-order valence-corrected chi connectivity index (χ2v) is 10.5. The fourth-order valence-electron chi connectivity index (χ4n) is 3.15. The third-order valence-electron chi connectivity index (χ3n) is 4.48. The summed E-state index contributed by atoms with van der Waals surface area (Å²) in [5.41, 5.74) is 1.69. The van der Waals surface area contributed by atoms with Crippen molar-refractivity contribution in [3.63, 3.8) is 0 Å². The van der Waals surface area contributed by atoms with E-state index in [0.717, 1.165) is 5.56 Å². The molecule has 2 rings (SSSR count). The van der Waals surface area contributed by atoms with E-state index in [9.17, 15) is 16.8 Å². The van der Waals surface area contributed by atoms with E-state index >= 15 is 0 Å². The Hall–Kier alpha value is -0.920. The molecule has 0 spiro atoms. The smallest absolute Gasteiger partial charge is 0.229 e. The average molecular weight is 360 g/mol. The summed E-state index contributed by atoms with van der Waals surface area (Å²) in [5.74, 6) is -0.0194. The molecule has 0 unspecified atom stereocenters. The van der Waals surface area contributed by atoms with Gasteiger partial charge in [-0.05, 0) is 45.2 Å². The van der Waals surface area contributed by atoms with Crippen molar-refractivity contribution in [3.8, 4) is 0 Å². The number of hydrogen-bond acceptors (Lipinski definition) is 4. The molecule has 1 saturated heterocycles. The molecule has 1 aliphatic rings. The van der Waals surface area contributed by atoms with Crippen molar-refractivity contribution in [3.05, 3.63) is 29.3 Å². The highest BCUT2D eigenvalue weighted by molar-refractivity contribution is 7.92. The average Bonchev–Trinajstić information content (AvgIpc) is 2.77. The fraction of sp³-hybridized carbons (Fsp3) is 0.625. The summed E-state index contributed by atoms with van der Waals surface area (Å²) in [5, 5.41) is 0. The molecule has 23 heavy (non-hydrogen) atoms. The van der Waals surface area contributed by atoms with E-state index < -0.39 is 25.9 Å². The van der Waals surface area contributed by atoms with Crippen molar-refractivity contribution in [2.75, 3.05) is 11.5 Å². The third kappa shape index (κ3) is 3.78. The van der Waals surface area contributed by atoms with Crippen LogP contribution in [-0.4, -0.2) is 44.7 Å². The number of nitrogens with zero attached hydrogens (tertiary/aromatic N) is 1. The van der Waals surface area contributed by atoms with E-state index in [1.54, 1.807) is 19.1 Å². The minimum atomic E-state index is -3.72. The van der Waals surface area contributed by atoms with Gasteiger partial charge < -0.3 is 0 Å². The van der Waals surface area contributed by atoms with Crippen LogP contribution in [0.1, 0.15) is 37.8 Å². The van der Waals surface area contributed by atoms with Crippen LogP contribution < -0.4 is 0 Å². The van der Waals surface area contributed by atoms with Crippen LogP contribution in [0.3, 0.4) is 0 Å². The van der Waals surface area contributed by atoms with E-state index in [-0.39, 0.29) is 22.4 Å². The van der Waals surface area contributed by atoms with Crippen LogP contribution in [0.2, 0.25) is 0 Å². The molecule has 0 radical (unpaired) electrons.